The Balaban J connectivity index is 2.39. The van der Waals surface area contributed by atoms with Gasteiger partial charge in [0.15, 0.2) is 5.78 Å². The highest BCUT2D eigenvalue weighted by Crippen LogP contribution is 2.12. The molecule has 0 saturated carbocycles. The van der Waals surface area contributed by atoms with Gasteiger partial charge in [0.1, 0.15) is 17.8 Å². The highest BCUT2D eigenvalue weighted by molar-refractivity contribution is 6.30. The van der Waals surface area contributed by atoms with Gasteiger partial charge in [-0.1, -0.05) is 11.6 Å². The van der Waals surface area contributed by atoms with Crippen molar-refractivity contribution in [2.45, 2.75) is 6.42 Å². The lowest BCUT2D eigenvalue weighted by Crippen LogP contribution is -2.07. The van der Waals surface area contributed by atoms with Crippen molar-refractivity contribution in [2.75, 3.05) is 0 Å². The Morgan fingerprint density at radius 2 is 2.12 bits per heavy atom. The fraction of sp³-hybridized carbons (Fsp3) is 0.100. The van der Waals surface area contributed by atoms with E-state index in [1.807, 2.05) is 0 Å². The number of carboxylic acids is 1. The van der Waals surface area contributed by atoms with E-state index in [2.05, 4.69) is 4.98 Å². The van der Waals surface area contributed by atoms with Gasteiger partial charge in [-0.25, -0.2) is 4.98 Å². The summed E-state index contributed by atoms with van der Waals surface area (Å²) in [4.78, 5) is 25.8. The van der Waals surface area contributed by atoms with Crippen LogP contribution < -0.4 is 0 Å². The fourth-order valence-electron chi connectivity index (χ4n) is 1.33. The third-order valence-electron chi connectivity index (χ3n) is 2.01. The second-order valence-corrected chi connectivity index (χ2v) is 3.67. The quantitative estimate of drug-likeness (QED) is 0.652. The monoisotopic (exact) mass is 238 g/mol. The van der Waals surface area contributed by atoms with Crippen LogP contribution in [0.4, 0.5) is 0 Å². The molecule has 2 rings (SSSR count). The maximum Gasteiger partial charge on any atom is 0.311 e. The number of fused-ring (bicyclic) bond motifs is 1. The van der Waals surface area contributed by atoms with Gasteiger partial charge in [-0.2, -0.15) is 0 Å². The van der Waals surface area contributed by atoms with E-state index in [0.717, 1.165) is 0 Å². The summed E-state index contributed by atoms with van der Waals surface area (Å²) < 4.78 is 1.58. The number of nitrogens with zero attached hydrogens (tertiary/aromatic N) is 2. The number of imidazole rings is 1. The van der Waals surface area contributed by atoms with Gasteiger partial charge in [-0.15, -0.1) is 0 Å². The predicted molar refractivity (Wildman–Crippen MR) is 56.8 cm³/mol. The van der Waals surface area contributed by atoms with Crippen LogP contribution in [-0.2, 0) is 4.79 Å². The van der Waals surface area contributed by atoms with Crippen LogP contribution in [0.2, 0.25) is 5.02 Å². The molecule has 2 heterocycles. The predicted octanol–water partition coefficient (Wildman–Crippen LogP) is 1.65. The number of hydrogen-bond donors (Lipinski definition) is 1. The molecule has 0 fully saturated rings. The van der Waals surface area contributed by atoms with Crippen LogP contribution in [0.25, 0.3) is 5.65 Å². The van der Waals surface area contributed by atoms with Gasteiger partial charge >= 0.3 is 5.97 Å². The molecule has 0 spiro atoms. The van der Waals surface area contributed by atoms with Crippen molar-refractivity contribution in [3.63, 3.8) is 0 Å². The van der Waals surface area contributed by atoms with E-state index in [0.29, 0.717) is 10.7 Å². The molecule has 0 atom stereocenters. The number of halogens is 1. The van der Waals surface area contributed by atoms with Gasteiger partial charge in [0.2, 0.25) is 0 Å². The standard InChI is InChI=1S/C10H7ClN2O3/c11-6-1-2-9-12-7(5-13(9)4-6)8(14)3-10(15)16/h1-2,4-5H,3H2,(H,15,16). The van der Waals surface area contributed by atoms with E-state index >= 15 is 0 Å². The SMILES string of the molecule is O=C(O)CC(=O)c1cn2cc(Cl)ccc2n1. The summed E-state index contributed by atoms with van der Waals surface area (Å²) in [7, 11) is 0. The van der Waals surface area contributed by atoms with Crippen LogP contribution >= 0.6 is 11.6 Å². The zero-order chi connectivity index (χ0) is 11.7. The first-order valence-electron chi connectivity index (χ1n) is 4.45. The topological polar surface area (TPSA) is 71.7 Å². The zero-order valence-corrected chi connectivity index (χ0v) is 8.81. The molecule has 16 heavy (non-hydrogen) atoms. The molecule has 0 aliphatic heterocycles. The summed E-state index contributed by atoms with van der Waals surface area (Å²) in [6.07, 6.45) is 2.51. The molecule has 2 aromatic rings. The van der Waals surface area contributed by atoms with Crippen molar-refractivity contribution in [2.24, 2.45) is 0 Å². The smallest absolute Gasteiger partial charge is 0.311 e. The lowest BCUT2D eigenvalue weighted by Gasteiger charge is -1.91. The normalized spacial score (nSPS) is 10.6. The van der Waals surface area contributed by atoms with Crippen molar-refractivity contribution in [1.82, 2.24) is 9.38 Å². The van der Waals surface area contributed by atoms with E-state index < -0.39 is 18.2 Å². The Morgan fingerprint density at radius 1 is 1.38 bits per heavy atom. The van der Waals surface area contributed by atoms with Gasteiger partial charge in [0.05, 0.1) is 5.02 Å². The third kappa shape index (κ3) is 2.04. The fourth-order valence-corrected chi connectivity index (χ4v) is 1.50. The summed E-state index contributed by atoms with van der Waals surface area (Å²) >= 11 is 5.76. The Bertz CT molecular complexity index is 576. The molecule has 5 nitrogen and oxygen atoms in total. The van der Waals surface area contributed by atoms with Crippen molar-refractivity contribution in [1.29, 1.82) is 0 Å². The molecular formula is C10H7ClN2O3. The number of hydrogen-bond acceptors (Lipinski definition) is 3. The van der Waals surface area contributed by atoms with Gasteiger partial charge in [-0.05, 0) is 12.1 Å². The molecule has 1 N–H and O–H groups in total. The van der Waals surface area contributed by atoms with Crippen LogP contribution in [0, 0.1) is 0 Å². The van der Waals surface area contributed by atoms with Crippen LogP contribution in [-0.4, -0.2) is 26.2 Å². The van der Waals surface area contributed by atoms with Crippen molar-refractivity contribution >= 4 is 29.0 Å². The second kappa shape index (κ2) is 3.94. The summed E-state index contributed by atoms with van der Waals surface area (Å²) in [6.45, 7) is 0. The molecule has 0 aliphatic rings. The van der Waals surface area contributed by atoms with E-state index in [1.165, 1.54) is 6.20 Å². The van der Waals surface area contributed by atoms with E-state index in [9.17, 15) is 9.59 Å². The molecule has 0 aromatic carbocycles. The number of carboxylic acid groups (broad SMARTS) is 1. The molecular weight excluding hydrogens is 232 g/mol. The van der Waals surface area contributed by atoms with Crippen molar-refractivity contribution < 1.29 is 14.7 Å². The average Bonchev–Trinajstić information content (AvgIpc) is 2.59. The van der Waals surface area contributed by atoms with Gasteiger partial charge < -0.3 is 9.51 Å². The van der Waals surface area contributed by atoms with Crippen molar-refractivity contribution in [3.05, 3.63) is 35.2 Å². The minimum absolute atomic E-state index is 0.129. The highest BCUT2D eigenvalue weighted by atomic mass is 35.5. The molecule has 0 aliphatic carbocycles. The van der Waals surface area contributed by atoms with Crippen LogP contribution in [0.15, 0.2) is 24.5 Å². The Morgan fingerprint density at radius 3 is 2.81 bits per heavy atom. The average molecular weight is 239 g/mol. The maximum absolute atomic E-state index is 11.4. The summed E-state index contributed by atoms with van der Waals surface area (Å²) in [5.74, 6) is -1.69. The zero-order valence-electron chi connectivity index (χ0n) is 8.05. The molecule has 2 aromatic heterocycles. The highest BCUT2D eigenvalue weighted by Gasteiger charge is 2.14. The molecule has 0 saturated heterocycles. The Labute approximate surface area is 95.3 Å². The van der Waals surface area contributed by atoms with E-state index in [-0.39, 0.29) is 5.69 Å². The van der Waals surface area contributed by atoms with Crippen LogP contribution in [0.5, 0.6) is 0 Å². The number of carbonyl (C=O) groups excluding carboxylic acids is 1. The van der Waals surface area contributed by atoms with E-state index in [1.54, 1.807) is 22.7 Å². The lowest BCUT2D eigenvalue weighted by atomic mass is 10.2. The summed E-state index contributed by atoms with van der Waals surface area (Å²) in [5, 5.41) is 9.00. The minimum atomic E-state index is -1.17. The summed E-state index contributed by atoms with van der Waals surface area (Å²) in [6, 6.07) is 3.30. The summed E-state index contributed by atoms with van der Waals surface area (Å²) in [5.41, 5.74) is 0.683. The lowest BCUT2D eigenvalue weighted by molar-refractivity contribution is -0.135. The van der Waals surface area contributed by atoms with Gasteiger partial charge in [0.25, 0.3) is 0 Å². The largest absolute Gasteiger partial charge is 0.481 e. The molecule has 0 unspecified atom stereocenters. The first kappa shape index (κ1) is 10.6. The second-order valence-electron chi connectivity index (χ2n) is 3.23. The number of aromatic nitrogens is 2. The van der Waals surface area contributed by atoms with Crippen LogP contribution in [0.1, 0.15) is 16.9 Å². The Kier molecular flexibility index (Phi) is 2.62. The Hall–Kier alpha value is -1.88. The molecule has 6 heteroatoms. The van der Waals surface area contributed by atoms with E-state index in [4.69, 9.17) is 16.7 Å². The number of carbonyl (C=O) groups is 2. The van der Waals surface area contributed by atoms with Gasteiger partial charge in [0, 0.05) is 12.4 Å². The number of aliphatic carboxylic acids is 1. The number of Topliss-reactive ketones (excluding diaryl/α,β-unsaturated/α-hetero) is 1. The van der Waals surface area contributed by atoms with Gasteiger partial charge in [-0.3, -0.25) is 9.59 Å². The minimum Gasteiger partial charge on any atom is -0.481 e. The maximum atomic E-state index is 11.4. The number of ketones is 1. The first-order valence-corrected chi connectivity index (χ1v) is 4.83. The first-order chi connectivity index (χ1) is 7.56. The van der Waals surface area contributed by atoms with Crippen LogP contribution in [0.3, 0.4) is 0 Å². The number of pyridine rings is 1. The number of rotatable bonds is 3. The molecule has 82 valence electrons. The third-order valence-corrected chi connectivity index (χ3v) is 2.24. The molecule has 0 radical (unpaired) electrons. The molecule has 0 bridgehead atoms. The molecule has 0 amide bonds. The van der Waals surface area contributed by atoms with Crippen molar-refractivity contribution in [3.8, 4) is 0 Å².